The van der Waals surface area contributed by atoms with Crippen LogP contribution in [0, 0.1) is 13.8 Å². The predicted molar refractivity (Wildman–Crippen MR) is 122 cm³/mol. The zero-order chi connectivity index (χ0) is 21.3. The van der Waals surface area contributed by atoms with Crippen molar-refractivity contribution >= 4 is 52.6 Å². The average Bonchev–Trinajstić information content (AvgIpc) is 3.23. The Hall–Kier alpha value is -2.45. The zero-order valence-corrected chi connectivity index (χ0v) is 18.5. The van der Waals surface area contributed by atoms with Crippen LogP contribution < -0.4 is 10.2 Å². The Labute approximate surface area is 184 Å². The maximum absolute atomic E-state index is 13.1. The van der Waals surface area contributed by atoms with Gasteiger partial charge in [-0.15, -0.1) is 23.5 Å². The van der Waals surface area contributed by atoms with Gasteiger partial charge in [-0.1, -0.05) is 18.2 Å². The fraction of sp³-hybridized carbons (Fsp3) is 0.318. The number of carbonyl (C=O) groups excluding carboxylic acids is 3. The third-order valence-electron chi connectivity index (χ3n) is 5.38. The zero-order valence-electron chi connectivity index (χ0n) is 16.9. The second-order valence-electron chi connectivity index (χ2n) is 7.40. The largest absolute Gasteiger partial charge is 0.324 e. The fourth-order valence-corrected chi connectivity index (χ4v) is 5.62. The van der Waals surface area contributed by atoms with Gasteiger partial charge in [-0.2, -0.15) is 0 Å². The van der Waals surface area contributed by atoms with Crippen LogP contribution in [-0.4, -0.2) is 52.6 Å². The second kappa shape index (κ2) is 8.73. The van der Waals surface area contributed by atoms with E-state index < -0.39 is 6.04 Å². The molecule has 2 aromatic carbocycles. The summed E-state index contributed by atoms with van der Waals surface area (Å²) in [6.07, 6.45) is 0. The SMILES string of the molecule is Cc1ccc(NC(=O)C2CSCN2C(=O)CN2C(=O)CSc3ccccc32)cc1C. The summed E-state index contributed by atoms with van der Waals surface area (Å²) in [6.45, 7) is 3.97. The van der Waals surface area contributed by atoms with Gasteiger partial charge in [0, 0.05) is 16.3 Å². The van der Waals surface area contributed by atoms with Crippen LogP contribution in [-0.2, 0) is 14.4 Å². The van der Waals surface area contributed by atoms with Crippen LogP contribution in [0.2, 0.25) is 0 Å². The number of carbonyl (C=O) groups is 3. The maximum Gasteiger partial charge on any atom is 0.248 e. The van der Waals surface area contributed by atoms with Crippen LogP contribution >= 0.6 is 23.5 Å². The van der Waals surface area contributed by atoms with E-state index in [0.717, 1.165) is 27.4 Å². The first kappa shape index (κ1) is 20.8. The lowest BCUT2D eigenvalue weighted by Crippen LogP contribution is -2.50. The van der Waals surface area contributed by atoms with E-state index in [1.54, 1.807) is 16.7 Å². The van der Waals surface area contributed by atoms with Crippen molar-refractivity contribution in [3.05, 3.63) is 53.6 Å². The number of para-hydroxylation sites is 1. The first-order valence-electron chi connectivity index (χ1n) is 9.71. The Morgan fingerprint density at radius 3 is 2.73 bits per heavy atom. The van der Waals surface area contributed by atoms with E-state index in [1.807, 2.05) is 56.3 Å². The molecule has 2 aliphatic rings. The molecule has 1 N–H and O–H groups in total. The van der Waals surface area contributed by atoms with Gasteiger partial charge >= 0.3 is 0 Å². The van der Waals surface area contributed by atoms with Gasteiger partial charge in [0.05, 0.1) is 17.3 Å². The van der Waals surface area contributed by atoms with Crippen molar-refractivity contribution in [3.63, 3.8) is 0 Å². The highest BCUT2D eigenvalue weighted by Gasteiger charge is 2.36. The second-order valence-corrected chi connectivity index (χ2v) is 9.42. The minimum Gasteiger partial charge on any atom is -0.324 e. The maximum atomic E-state index is 13.1. The number of fused-ring (bicyclic) bond motifs is 1. The molecular weight excluding hydrogens is 418 g/mol. The summed E-state index contributed by atoms with van der Waals surface area (Å²) in [5.74, 6) is 0.809. The number of aryl methyl sites for hydroxylation is 2. The minimum atomic E-state index is -0.548. The number of benzene rings is 2. The summed E-state index contributed by atoms with van der Waals surface area (Å²) < 4.78 is 0. The third kappa shape index (κ3) is 4.20. The molecule has 1 unspecified atom stereocenters. The van der Waals surface area contributed by atoms with Gasteiger partial charge in [0.25, 0.3) is 0 Å². The Kier molecular flexibility index (Phi) is 6.06. The van der Waals surface area contributed by atoms with Crippen LogP contribution in [0.3, 0.4) is 0 Å². The highest BCUT2D eigenvalue weighted by molar-refractivity contribution is 8.00. The Bertz CT molecular complexity index is 1010. The molecule has 0 aromatic heterocycles. The van der Waals surface area contributed by atoms with E-state index in [4.69, 9.17) is 0 Å². The summed E-state index contributed by atoms with van der Waals surface area (Å²) >= 11 is 3.03. The molecular formula is C22H23N3O3S2. The van der Waals surface area contributed by atoms with Gasteiger partial charge in [0.1, 0.15) is 12.6 Å². The standard InChI is InChI=1S/C22H23N3O3S2/c1-14-7-8-16(9-15(14)2)23-22(28)18-11-29-13-25(18)20(26)10-24-17-5-3-4-6-19(17)30-12-21(24)27/h3-9,18H,10-13H2,1-2H3,(H,23,28). The van der Waals surface area contributed by atoms with Crippen molar-refractivity contribution in [3.8, 4) is 0 Å². The number of thioether (sulfide) groups is 2. The lowest BCUT2D eigenvalue weighted by Gasteiger charge is -2.31. The highest BCUT2D eigenvalue weighted by Crippen LogP contribution is 2.35. The lowest BCUT2D eigenvalue weighted by atomic mass is 10.1. The average molecular weight is 442 g/mol. The molecule has 1 fully saturated rings. The number of anilines is 2. The molecule has 3 amide bonds. The van der Waals surface area contributed by atoms with Gasteiger partial charge in [0.15, 0.2) is 0 Å². The van der Waals surface area contributed by atoms with E-state index in [2.05, 4.69) is 5.32 Å². The molecule has 156 valence electrons. The normalized spacial score (nSPS) is 18.3. The smallest absolute Gasteiger partial charge is 0.248 e. The van der Waals surface area contributed by atoms with Crippen LogP contribution in [0.15, 0.2) is 47.4 Å². The van der Waals surface area contributed by atoms with Crippen molar-refractivity contribution in [2.24, 2.45) is 0 Å². The monoisotopic (exact) mass is 441 g/mol. The van der Waals surface area contributed by atoms with Gasteiger partial charge in [0.2, 0.25) is 17.7 Å². The summed E-state index contributed by atoms with van der Waals surface area (Å²) in [4.78, 5) is 42.5. The molecule has 6 nitrogen and oxygen atoms in total. The van der Waals surface area contributed by atoms with E-state index in [0.29, 0.717) is 17.4 Å². The highest BCUT2D eigenvalue weighted by atomic mass is 32.2. The van der Waals surface area contributed by atoms with E-state index in [9.17, 15) is 14.4 Å². The van der Waals surface area contributed by atoms with Crippen LogP contribution in [0.5, 0.6) is 0 Å². The molecule has 1 saturated heterocycles. The molecule has 2 aliphatic heterocycles. The molecule has 2 heterocycles. The molecule has 4 rings (SSSR count). The van der Waals surface area contributed by atoms with Crippen molar-refractivity contribution in [1.82, 2.24) is 4.90 Å². The Morgan fingerprint density at radius 1 is 1.13 bits per heavy atom. The van der Waals surface area contributed by atoms with Gasteiger partial charge in [-0.3, -0.25) is 14.4 Å². The van der Waals surface area contributed by atoms with Crippen molar-refractivity contribution in [2.75, 3.05) is 34.1 Å². The van der Waals surface area contributed by atoms with Crippen molar-refractivity contribution < 1.29 is 14.4 Å². The number of hydrogen-bond acceptors (Lipinski definition) is 5. The molecule has 0 spiro atoms. The topological polar surface area (TPSA) is 69.7 Å². The summed E-state index contributed by atoms with van der Waals surface area (Å²) in [5, 5.41) is 2.93. The Morgan fingerprint density at radius 2 is 1.93 bits per heavy atom. The third-order valence-corrected chi connectivity index (χ3v) is 7.44. The first-order chi connectivity index (χ1) is 14.4. The number of rotatable bonds is 4. The fourth-order valence-electron chi connectivity index (χ4n) is 3.50. The summed E-state index contributed by atoms with van der Waals surface area (Å²) in [5.41, 5.74) is 3.74. The van der Waals surface area contributed by atoms with E-state index in [-0.39, 0.29) is 24.3 Å². The van der Waals surface area contributed by atoms with E-state index >= 15 is 0 Å². The van der Waals surface area contributed by atoms with Crippen molar-refractivity contribution in [2.45, 2.75) is 24.8 Å². The summed E-state index contributed by atoms with van der Waals surface area (Å²) in [7, 11) is 0. The molecule has 30 heavy (non-hydrogen) atoms. The molecule has 2 aromatic rings. The minimum absolute atomic E-state index is 0.0512. The number of hydrogen-bond donors (Lipinski definition) is 1. The molecule has 0 saturated carbocycles. The molecule has 1 atom stereocenters. The first-order valence-corrected chi connectivity index (χ1v) is 11.9. The predicted octanol–water partition coefficient (Wildman–Crippen LogP) is 3.28. The van der Waals surface area contributed by atoms with Gasteiger partial charge < -0.3 is 15.1 Å². The van der Waals surface area contributed by atoms with Gasteiger partial charge in [-0.25, -0.2) is 0 Å². The van der Waals surface area contributed by atoms with Gasteiger partial charge in [-0.05, 0) is 49.2 Å². The number of nitrogens with one attached hydrogen (secondary N) is 1. The van der Waals surface area contributed by atoms with Crippen LogP contribution in [0.25, 0.3) is 0 Å². The molecule has 8 heteroatoms. The van der Waals surface area contributed by atoms with Crippen molar-refractivity contribution in [1.29, 1.82) is 0 Å². The van der Waals surface area contributed by atoms with Crippen LogP contribution in [0.1, 0.15) is 11.1 Å². The van der Waals surface area contributed by atoms with E-state index in [1.165, 1.54) is 16.7 Å². The number of nitrogens with zero attached hydrogens (tertiary/aromatic N) is 2. The number of amides is 3. The lowest BCUT2D eigenvalue weighted by molar-refractivity contribution is -0.135. The molecule has 0 bridgehead atoms. The molecule has 0 aliphatic carbocycles. The quantitative estimate of drug-likeness (QED) is 0.789. The molecule has 0 radical (unpaired) electrons. The Balaban J connectivity index is 1.46. The van der Waals surface area contributed by atoms with Crippen LogP contribution in [0.4, 0.5) is 11.4 Å². The summed E-state index contributed by atoms with van der Waals surface area (Å²) in [6, 6.07) is 12.8.